The van der Waals surface area contributed by atoms with Gasteiger partial charge in [-0.15, -0.1) is 0 Å². The molecule has 0 aromatic heterocycles. The van der Waals surface area contributed by atoms with Crippen LogP contribution in [0.5, 0.6) is 0 Å². The Kier molecular flexibility index (Phi) is 4.85. The number of rotatable bonds is 4. The van der Waals surface area contributed by atoms with Crippen molar-refractivity contribution in [1.29, 1.82) is 0 Å². The number of piperidine rings is 1. The topological polar surface area (TPSA) is 43.9 Å². The van der Waals surface area contributed by atoms with Crippen LogP contribution >= 0.6 is 0 Å². The average molecular weight is 333 g/mol. The van der Waals surface area contributed by atoms with Crippen LogP contribution in [0.2, 0.25) is 0 Å². The number of fused-ring (bicyclic) bond motifs is 4. The van der Waals surface area contributed by atoms with Gasteiger partial charge < -0.3 is 9.80 Å². The molecule has 2 bridgehead atoms. The van der Waals surface area contributed by atoms with Crippen molar-refractivity contribution < 1.29 is 14.0 Å². The van der Waals surface area contributed by atoms with Crippen LogP contribution in [-0.4, -0.2) is 66.3 Å². The molecular formula is C18H24FN3O2. The van der Waals surface area contributed by atoms with E-state index in [2.05, 4.69) is 4.90 Å². The fourth-order valence-electron chi connectivity index (χ4n) is 3.62. The minimum atomic E-state index is -0.208. The third-order valence-electron chi connectivity index (χ3n) is 5.03. The molecule has 3 fully saturated rings. The van der Waals surface area contributed by atoms with Gasteiger partial charge in [0.1, 0.15) is 12.4 Å². The van der Waals surface area contributed by atoms with Gasteiger partial charge in [-0.05, 0) is 18.9 Å². The maximum Gasteiger partial charge on any atom is 0.241 e. The molecule has 3 saturated heterocycles. The van der Waals surface area contributed by atoms with E-state index >= 15 is 0 Å². The summed E-state index contributed by atoms with van der Waals surface area (Å²) in [6.07, 6.45) is 1.76. The van der Waals surface area contributed by atoms with E-state index in [1.54, 1.807) is 31.1 Å². The van der Waals surface area contributed by atoms with Gasteiger partial charge >= 0.3 is 0 Å². The molecule has 3 aliphatic rings. The van der Waals surface area contributed by atoms with Gasteiger partial charge in [0.2, 0.25) is 11.8 Å². The van der Waals surface area contributed by atoms with Crippen molar-refractivity contribution >= 4 is 11.8 Å². The van der Waals surface area contributed by atoms with Gasteiger partial charge in [-0.1, -0.05) is 18.2 Å². The van der Waals surface area contributed by atoms with Crippen LogP contribution in [-0.2, 0) is 16.1 Å². The van der Waals surface area contributed by atoms with Crippen LogP contribution in [0, 0.1) is 11.7 Å². The van der Waals surface area contributed by atoms with Gasteiger partial charge in [-0.25, -0.2) is 4.39 Å². The molecule has 2 atom stereocenters. The standard InChI is InChI=1S/C18H24FN3O2/c1-20(2)17(23)12-22-15-8-7-14(18(22)24)10-21(11-15)9-13-5-3-4-6-16(13)19/h3-6,14-15H,7-12H2,1-2H3/t14-,15+/m0/s1. The Hall–Kier alpha value is -1.95. The lowest BCUT2D eigenvalue weighted by Gasteiger charge is -2.36. The summed E-state index contributed by atoms with van der Waals surface area (Å²) in [5, 5.41) is 0. The van der Waals surface area contributed by atoms with Crippen LogP contribution < -0.4 is 0 Å². The van der Waals surface area contributed by atoms with Gasteiger partial charge in [0.05, 0.1) is 5.92 Å². The molecule has 1 aromatic rings. The first-order valence-corrected chi connectivity index (χ1v) is 8.42. The lowest BCUT2D eigenvalue weighted by atomic mass is 9.94. The number of carbonyl (C=O) groups is 2. The zero-order valence-corrected chi connectivity index (χ0v) is 14.2. The zero-order valence-electron chi connectivity index (χ0n) is 14.2. The van der Waals surface area contributed by atoms with Gasteiger partial charge in [-0.2, -0.15) is 0 Å². The minimum absolute atomic E-state index is 0.0342. The Morgan fingerprint density at radius 3 is 2.71 bits per heavy atom. The van der Waals surface area contributed by atoms with Gasteiger partial charge in [0.25, 0.3) is 0 Å². The Morgan fingerprint density at radius 1 is 1.25 bits per heavy atom. The molecule has 24 heavy (non-hydrogen) atoms. The molecule has 0 aliphatic carbocycles. The molecule has 4 rings (SSSR count). The summed E-state index contributed by atoms with van der Waals surface area (Å²) in [5.41, 5.74) is 0.655. The molecule has 3 heterocycles. The Labute approximate surface area is 142 Å². The van der Waals surface area contributed by atoms with Crippen molar-refractivity contribution in [3.05, 3.63) is 35.6 Å². The molecule has 130 valence electrons. The third-order valence-corrected chi connectivity index (χ3v) is 5.03. The predicted molar refractivity (Wildman–Crippen MR) is 88.6 cm³/mol. The Balaban J connectivity index is 1.74. The van der Waals surface area contributed by atoms with E-state index in [-0.39, 0.29) is 36.1 Å². The van der Waals surface area contributed by atoms with E-state index in [1.807, 2.05) is 6.07 Å². The molecule has 0 saturated carbocycles. The summed E-state index contributed by atoms with van der Waals surface area (Å²) in [4.78, 5) is 30.1. The second-order valence-corrected chi connectivity index (χ2v) is 6.97. The third kappa shape index (κ3) is 3.43. The molecular weight excluding hydrogens is 309 g/mol. The van der Waals surface area contributed by atoms with Crippen molar-refractivity contribution in [2.24, 2.45) is 5.92 Å². The Morgan fingerprint density at radius 2 is 2.00 bits per heavy atom. The fourth-order valence-corrected chi connectivity index (χ4v) is 3.62. The van der Waals surface area contributed by atoms with Gasteiger partial charge in [0.15, 0.2) is 0 Å². The number of amides is 2. The van der Waals surface area contributed by atoms with E-state index in [1.165, 1.54) is 11.0 Å². The van der Waals surface area contributed by atoms with E-state index in [9.17, 15) is 14.0 Å². The monoisotopic (exact) mass is 333 g/mol. The first-order valence-electron chi connectivity index (χ1n) is 8.42. The maximum atomic E-state index is 13.9. The molecule has 3 aliphatic heterocycles. The van der Waals surface area contributed by atoms with Gasteiger partial charge in [-0.3, -0.25) is 14.5 Å². The predicted octanol–water partition coefficient (Wildman–Crippen LogP) is 1.34. The van der Waals surface area contributed by atoms with Crippen LogP contribution in [0.1, 0.15) is 18.4 Å². The van der Waals surface area contributed by atoms with Crippen LogP contribution in [0.4, 0.5) is 4.39 Å². The number of benzene rings is 1. The zero-order chi connectivity index (χ0) is 17.3. The molecule has 5 nitrogen and oxygen atoms in total. The number of hydrogen-bond acceptors (Lipinski definition) is 3. The number of hydrogen-bond donors (Lipinski definition) is 0. The van der Waals surface area contributed by atoms with Crippen molar-refractivity contribution in [3.63, 3.8) is 0 Å². The minimum Gasteiger partial charge on any atom is -0.347 e. The molecule has 0 radical (unpaired) electrons. The first-order chi connectivity index (χ1) is 11.5. The van der Waals surface area contributed by atoms with Crippen molar-refractivity contribution in [2.75, 3.05) is 33.7 Å². The SMILES string of the molecule is CN(C)C(=O)CN1C(=O)[C@H]2CC[C@@H]1CN(Cc1ccccc1F)C2. The molecule has 6 heteroatoms. The van der Waals surface area contributed by atoms with E-state index < -0.39 is 0 Å². The highest BCUT2D eigenvalue weighted by Crippen LogP contribution is 2.30. The number of nitrogens with zero attached hydrogens (tertiary/aromatic N) is 3. The quantitative estimate of drug-likeness (QED) is 0.835. The smallest absolute Gasteiger partial charge is 0.241 e. The largest absolute Gasteiger partial charge is 0.347 e. The summed E-state index contributed by atoms with van der Waals surface area (Å²) in [6, 6.07) is 6.81. The number of halogens is 1. The molecule has 0 unspecified atom stereocenters. The van der Waals surface area contributed by atoms with Crippen LogP contribution in [0.15, 0.2) is 24.3 Å². The second kappa shape index (κ2) is 6.89. The van der Waals surface area contributed by atoms with Gasteiger partial charge in [0, 0.05) is 45.3 Å². The highest BCUT2D eigenvalue weighted by molar-refractivity contribution is 5.86. The normalized spacial score (nSPS) is 24.1. The van der Waals surface area contributed by atoms with Crippen molar-refractivity contribution in [3.8, 4) is 0 Å². The summed E-state index contributed by atoms with van der Waals surface area (Å²) >= 11 is 0. The maximum absolute atomic E-state index is 13.9. The first kappa shape index (κ1) is 16.9. The second-order valence-electron chi connectivity index (χ2n) is 6.97. The lowest BCUT2D eigenvalue weighted by Crippen LogP contribution is -2.51. The van der Waals surface area contributed by atoms with E-state index in [0.29, 0.717) is 25.2 Å². The van der Waals surface area contributed by atoms with Crippen LogP contribution in [0.3, 0.4) is 0 Å². The Bertz CT molecular complexity index is 634. The molecule has 1 aromatic carbocycles. The molecule has 2 amide bonds. The number of likely N-dealkylation sites (N-methyl/N-ethyl adjacent to an activating group) is 1. The molecule has 0 spiro atoms. The highest BCUT2D eigenvalue weighted by Gasteiger charge is 2.41. The fraction of sp³-hybridized carbons (Fsp3) is 0.556. The molecule has 0 N–H and O–H groups in total. The highest BCUT2D eigenvalue weighted by atomic mass is 19.1. The lowest BCUT2D eigenvalue weighted by molar-refractivity contribution is -0.145. The van der Waals surface area contributed by atoms with Crippen molar-refractivity contribution in [2.45, 2.75) is 25.4 Å². The number of carbonyl (C=O) groups excluding carboxylic acids is 2. The van der Waals surface area contributed by atoms with Crippen molar-refractivity contribution in [1.82, 2.24) is 14.7 Å². The van der Waals surface area contributed by atoms with E-state index in [0.717, 1.165) is 12.8 Å². The summed E-state index contributed by atoms with van der Waals surface area (Å²) in [7, 11) is 3.40. The summed E-state index contributed by atoms with van der Waals surface area (Å²) in [6.45, 7) is 1.97. The summed E-state index contributed by atoms with van der Waals surface area (Å²) in [5.74, 6) is -0.292. The average Bonchev–Trinajstić information content (AvgIpc) is 2.81. The van der Waals surface area contributed by atoms with E-state index in [4.69, 9.17) is 0 Å². The summed E-state index contributed by atoms with van der Waals surface area (Å²) < 4.78 is 13.9. The van der Waals surface area contributed by atoms with Crippen LogP contribution in [0.25, 0.3) is 0 Å².